The second kappa shape index (κ2) is 6.86. The number of hydrogen-bond acceptors (Lipinski definition) is 4. The van der Waals surface area contributed by atoms with Gasteiger partial charge in [-0.1, -0.05) is 17.6 Å². The molecular weight excluding hydrogens is 298 g/mol. The fourth-order valence-corrected chi connectivity index (χ4v) is 1.38. The second-order valence-electron chi connectivity index (χ2n) is 3.33. The van der Waals surface area contributed by atoms with Gasteiger partial charge in [0, 0.05) is 45.7 Å². The number of carbonyl (C=O) groups excluding carboxylic acids is 1. The van der Waals surface area contributed by atoms with Crippen LogP contribution in [-0.4, -0.2) is 18.7 Å². The van der Waals surface area contributed by atoms with E-state index in [1.807, 2.05) is 0 Å². The number of nitro groups is 1. The molecule has 0 saturated carbocycles. The average molecular weight is 308 g/mol. The first-order valence-corrected chi connectivity index (χ1v) is 4.63. The standard InChI is InChI=1S/C10H10BNO4.Y/c1-6(16-7(2)13)9-5-8(11)3-4-10(9)12(14)15;/h3-6H,1-2H3;. The second-order valence-corrected chi connectivity index (χ2v) is 3.33. The van der Waals surface area contributed by atoms with Crippen LogP contribution in [-0.2, 0) is 42.2 Å². The van der Waals surface area contributed by atoms with Crippen LogP contribution >= 0.6 is 0 Å². The van der Waals surface area contributed by atoms with Crippen molar-refractivity contribution in [3.05, 3.63) is 33.9 Å². The van der Waals surface area contributed by atoms with Gasteiger partial charge in [0.1, 0.15) is 14.0 Å². The maximum atomic E-state index is 10.8. The van der Waals surface area contributed by atoms with Gasteiger partial charge < -0.3 is 4.74 Å². The van der Waals surface area contributed by atoms with Gasteiger partial charge in [0.25, 0.3) is 5.69 Å². The summed E-state index contributed by atoms with van der Waals surface area (Å²) in [5.41, 5.74) is 0.572. The minimum Gasteiger partial charge on any atom is -0.458 e. The SMILES string of the molecule is [B]c1ccc([N+](=O)[O-])c(C(C)OC(C)=O)c1.[Y]. The van der Waals surface area contributed by atoms with Crippen molar-refractivity contribution in [2.24, 2.45) is 0 Å². The fourth-order valence-electron chi connectivity index (χ4n) is 1.38. The van der Waals surface area contributed by atoms with E-state index in [4.69, 9.17) is 12.6 Å². The van der Waals surface area contributed by atoms with Gasteiger partial charge in [0.2, 0.25) is 0 Å². The molecule has 0 aliphatic carbocycles. The molecule has 1 atom stereocenters. The summed E-state index contributed by atoms with van der Waals surface area (Å²) in [4.78, 5) is 21.0. The van der Waals surface area contributed by atoms with Crippen molar-refractivity contribution in [3.8, 4) is 0 Å². The van der Waals surface area contributed by atoms with Crippen LogP contribution in [0, 0.1) is 10.1 Å². The topological polar surface area (TPSA) is 69.4 Å². The van der Waals surface area contributed by atoms with Crippen molar-refractivity contribution >= 4 is 25.0 Å². The molecule has 0 heterocycles. The molecule has 1 unspecified atom stereocenters. The van der Waals surface area contributed by atoms with Crippen LogP contribution in [0.25, 0.3) is 0 Å². The van der Waals surface area contributed by atoms with Crippen LogP contribution < -0.4 is 5.46 Å². The summed E-state index contributed by atoms with van der Waals surface area (Å²) in [5.74, 6) is -0.496. The van der Waals surface area contributed by atoms with E-state index in [0.29, 0.717) is 11.0 Å². The Balaban J connectivity index is 0.00000256. The molecule has 5 nitrogen and oxygen atoms in total. The van der Waals surface area contributed by atoms with Crippen LogP contribution in [0.15, 0.2) is 18.2 Å². The van der Waals surface area contributed by atoms with Crippen LogP contribution in [0.2, 0.25) is 0 Å². The minimum absolute atomic E-state index is 0. The smallest absolute Gasteiger partial charge is 0.303 e. The Morgan fingerprint density at radius 1 is 1.53 bits per heavy atom. The third kappa shape index (κ3) is 4.56. The van der Waals surface area contributed by atoms with Gasteiger partial charge in [-0.15, -0.1) is 0 Å². The van der Waals surface area contributed by atoms with E-state index < -0.39 is 17.0 Å². The third-order valence-corrected chi connectivity index (χ3v) is 2.03. The maximum Gasteiger partial charge on any atom is 0.303 e. The monoisotopic (exact) mass is 308 g/mol. The molecule has 7 heteroatoms. The average Bonchev–Trinajstić information content (AvgIpc) is 2.15. The molecule has 1 rings (SSSR count). The van der Waals surface area contributed by atoms with Crippen LogP contribution in [0.1, 0.15) is 25.5 Å². The number of benzene rings is 1. The molecule has 0 amide bonds. The summed E-state index contributed by atoms with van der Waals surface area (Å²) >= 11 is 0. The van der Waals surface area contributed by atoms with Crippen molar-refractivity contribution < 1.29 is 47.2 Å². The molecule has 0 saturated heterocycles. The normalized spacial score (nSPS) is 11.2. The largest absolute Gasteiger partial charge is 0.458 e. The van der Waals surface area contributed by atoms with Crippen molar-refractivity contribution in [2.45, 2.75) is 20.0 Å². The molecule has 0 fully saturated rings. The zero-order chi connectivity index (χ0) is 12.3. The fraction of sp³-hybridized carbons (Fsp3) is 0.300. The van der Waals surface area contributed by atoms with Gasteiger partial charge in [0.15, 0.2) is 0 Å². The number of nitro benzene ring substituents is 1. The first-order chi connectivity index (χ1) is 7.41. The summed E-state index contributed by atoms with van der Waals surface area (Å²) in [6.45, 7) is 2.80. The molecule has 0 N–H and O–H groups in total. The predicted octanol–water partition coefficient (Wildman–Crippen LogP) is 1.01. The van der Waals surface area contributed by atoms with E-state index in [-0.39, 0.29) is 38.4 Å². The van der Waals surface area contributed by atoms with Crippen molar-refractivity contribution in [1.82, 2.24) is 0 Å². The van der Waals surface area contributed by atoms with E-state index in [1.54, 1.807) is 6.92 Å². The Kier molecular flexibility index (Phi) is 6.57. The molecule has 0 bridgehead atoms. The van der Waals surface area contributed by atoms with E-state index in [9.17, 15) is 14.9 Å². The Hall–Kier alpha value is -0.741. The number of carbonyl (C=O) groups is 1. The molecule has 85 valence electrons. The van der Waals surface area contributed by atoms with Gasteiger partial charge in [-0.05, 0) is 6.92 Å². The number of nitrogens with zero attached hydrogens (tertiary/aromatic N) is 1. The van der Waals surface area contributed by atoms with Gasteiger partial charge in [-0.25, -0.2) is 0 Å². The van der Waals surface area contributed by atoms with Gasteiger partial charge in [0.05, 0.1) is 10.5 Å². The molecular formula is C10H10BNO4Y. The van der Waals surface area contributed by atoms with E-state index >= 15 is 0 Å². The summed E-state index contributed by atoms with van der Waals surface area (Å²) in [5, 5.41) is 10.7. The minimum atomic E-state index is -0.693. The Bertz CT molecular complexity index is 438. The molecule has 3 radical (unpaired) electrons. The molecule has 1 aromatic rings. The third-order valence-electron chi connectivity index (χ3n) is 2.03. The van der Waals surface area contributed by atoms with Gasteiger partial charge >= 0.3 is 5.97 Å². The number of rotatable bonds is 3. The quantitative estimate of drug-likeness (QED) is 0.362. The Morgan fingerprint density at radius 2 is 2.12 bits per heavy atom. The zero-order valence-electron chi connectivity index (χ0n) is 9.54. The van der Waals surface area contributed by atoms with Crippen LogP contribution in [0.4, 0.5) is 5.69 Å². The molecule has 1 aromatic carbocycles. The summed E-state index contributed by atoms with van der Waals surface area (Å²) in [6, 6.07) is 4.17. The zero-order valence-corrected chi connectivity index (χ0v) is 12.4. The first-order valence-electron chi connectivity index (χ1n) is 4.63. The molecule has 17 heavy (non-hydrogen) atoms. The van der Waals surface area contributed by atoms with E-state index in [2.05, 4.69) is 0 Å². The molecule has 0 aliphatic heterocycles. The van der Waals surface area contributed by atoms with Crippen LogP contribution in [0.5, 0.6) is 0 Å². The predicted molar refractivity (Wildman–Crippen MR) is 58.7 cm³/mol. The molecule has 0 aliphatic rings. The van der Waals surface area contributed by atoms with Crippen molar-refractivity contribution in [2.75, 3.05) is 0 Å². The van der Waals surface area contributed by atoms with Crippen molar-refractivity contribution in [1.29, 1.82) is 0 Å². The van der Waals surface area contributed by atoms with Gasteiger partial charge in [-0.3, -0.25) is 14.9 Å². The molecule has 0 aromatic heterocycles. The van der Waals surface area contributed by atoms with E-state index in [1.165, 1.54) is 25.1 Å². The summed E-state index contributed by atoms with van der Waals surface area (Å²) in [7, 11) is 5.53. The Morgan fingerprint density at radius 3 is 2.59 bits per heavy atom. The number of esters is 1. The number of ether oxygens (including phenoxy) is 1. The number of hydrogen-bond donors (Lipinski definition) is 0. The Labute approximate surface area is 125 Å². The van der Waals surface area contributed by atoms with Gasteiger partial charge in [-0.2, -0.15) is 0 Å². The van der Waals surface area contributed by atoms with E-state index in [0.717, 1.165) is 0 Å². The maximum absolute atomic E-state index is 10.8. The molecule has 0 spiro atoms. The summed E-state index contributed by atoms with van der Waals surface area (Å²) < 4.78 is 4.88. The van der Waals surface area contributed by atoms with Crippen molar-refractivity contribution in [3.63, 3.8) is 0 Å². The first kappa shape index (κ1) is 16.3. The van der Waals surface area contributed by atoms with Crippen LogP contribution in [0.3, 0.4) is 0 Å². The summed E-state index contributed by atoms with van der Waals surface area (Å²) in [6.07, 6.45) is -0.693.